The van der Waals surface area contributed by atoms with E-state index in [1.807, 2.05) is 64.4 Å². The van der Waals surface area contributed by atoms with Crippen LogP contribution in [-0.4, -0.2) is 78.1 Å². The molecule has 0 aliphatic carbocycles. The van der Waals surface area contributed by atoms with E-state index < -0.39 is 0 Å². The second-order valence-electron chi connectivity index (χ2n) is 9.14. The number of carbonyl (C=O) groups excluding carboxylic acids is 2. The molecule has 32 heavy (non-hydrogen) atoms. The molecule has 0 aromatic heterocycles. The van der Waals surface area contributed by atoms with Gasteiger partial charge in [0.1, 0.15) is 5.75 Å². The third-order valence-corrected chi connectivity index (χ3v) is 6.47. The van der Waals surface area contributed by atoms with E-state index >= 15 is 0 Å². The first-order chi connectivity index (χ1) is 15.4. The van der Waals surface area contributed by atoms with Crippen LogP contribution >= 0.6 is 0 Å². The van der Waals surface area contributed by atoms with Gasteiger partial charge in [0.05, 0.1) is 12.7 Å². The Kier molecular flexibility index (Phi) is 6.37. The SMILES string of the molecule is COc1ccccc1C(=O)N1CCN2[C@H](CN(C(=O)NCc3ccccc3)CC2(C)C)C1. The number of benzene rings is 2. The van der Waals surface area contributed by atoms with Gasteiger partial charge in [-0.3, -0.25) is 9.69 Å². The van der Waals surface area contributed by atoms with E-state index in [0.29, 0.717) is 44.0 Å². The first-order valence-corrected chi connectivity index (χ1v) is 11.1. The van der Waals surface area contributed by atoms with Crippen molar-refractivity contribution in [3.05, 3.63) is 65.7 Å². The first-order valence-electron chi connectivity index (χ1n) is 11.1. The first kappa shape index (κ1) is 22.1. The summed E-state index contributed by atoms with van der Waals surface area (Å²) < 4.78 is 5.39. The number of para-hydroxylation sites is 1. The van der Waals surface area contributed by atoms with Crippen LogP contribution < -0.4 is 10.1 Å². The molecule has 7 nitrogen and oxygen atoms in total. The molecule has 2 aliphatic rings. The highest BCUT2D eigenvalue weighted by Crippen LogP contribution is 2.29. The van der Waals surface area contributed by atoms with Gasteiger partial charge in [-0.2, -0.15) is 0 Å². The van der Waals surface area contributed by atoms with E-state index in [2.05, 4.69) is 24.1 Å². The van der Waals surface area contributed by atoms with Crippen molar-refractivity contribution in [3.8, 4) is 5.75 Å². The van der Waals surface area contributed by atoms with Crippen LogP contribution in [0.2, 0.25) is 0 Å². The summed E-state index contributed by atoms with van der Waals surface area (Å²) in [4.78, 5) is 32.4. The number of nitrogens with one attached hydrogen (secondary N) is 1. The van der Waals surface area contributed by atoms with E-state index in [1.54, 1.807) is 7.11 Å². The number of hydrogen-bond donors (Lipinski definition) is 1. The summed E-state index contributed by atoms with van der Waals surface area (Å²) in [5, 5.41) is 3.05. The molecule has 1 atom stereocenters. The van der Waals surface area contributed by atoms with Crippen molar-refractivity contribution in [2.75, 3.05) is 39.8 Å². The third-order valence-electron chi connectivity index (χ3n) is 6.47. The number of ether oxygens (including phenoxy) is 1. The third kappa shape index (κ3) is 4.58. The highest BCUT2D eigenvalue weighted by molar-refractivity contribution is 5.97. The largest absolute Gasteiger partial charge is 0.496 e. The Hall–Kier alpha value is -3.06. The van der Waals surface area contributed by atoms with E-state index in [-0.39, 0.29) is 23.5 Å². The summed E-state index contributed by atoms with van der Waals surface area (Å²) >= 11 is 0. The summed E-state index contributed by atoms with van der Waals surface area (Å²) in [7, 11) is 1.58. The topological polar surface area (TPSA) is 65.1 Å². The Morgan fingerprint density at radius 1 is 1.00 bits per heavy atom. The summed E-state index contributed by atoms with van der Waals surface area (Å²) in [6, 6.07) is 17.3. The standard InChI is InChI=1S/C25H32N4O3/c1-25(2)18-28(24(31)26-15-19-9-5-4-6-10-19)17-20-16-27(13-14-29(20)25)23(30)21-11-7-8-12-22(21)32-3/h4-12,20H,13-18H2,1-3H3,(H,26,31)/t20-/m0/s1. The minimum absolute atomic E-state index is 0.0226. The Morgan fingerprint density at radius 2 is 1.69 bits per heavy atom. The zero-order valence-corrected chi connectivity index (χ0v) is 19.1. The zero-order chi connectivity index (χ0) is 22.7. The molecule has 0 radical (unpaired) electrons. The number of rotatable bonds is 4. The van der Waals surface area contributed by atoms with Crippen molar-refractivity contribution in [1.29, 1.82) is 0 Å². The minimum Gasteiger partial charge on any atom is -0.496 e. The van der Waals surface area contributed by atoms with Crippen molar-refractivity contribution in [3.63, 3.8) is 0 Å². The molecule has 2 aromatic rings. The van der Waals surface area contributed by atoms with Gasteiger partial charge in [-0.25, -0.2) is 4.79 Å². The Bertz CT molecular complexity index is 963. The van der Waals surface area contributed by atoms with Crippen LogP contribution in [0.4, 0.5) is 4.79 Å². The zero-order valence-electron chi connectivity index (χ0n) is 19.1. The van der Waals surface area contributed by atoms with E-state index in [1.165, 1.54) is 0 Å². The van der Waals surface area contributed by atoms with Crippen molar-refractivity contribution in [2.24, 2.45) is 0 Å². The number of hydrogen-bond acceptors (Lipinski definition) is 4. The molecule has 2 aliphatic heterocycles. The summed E-state index contributed by atoms with van der Waals surface area (Å²) in [5.74, 6) is 0.566. The van der Waals surface area contributed by atoms with Crippen molar-refractivity contribution >= 4 is 11.9 Å². The molecule has 3 amide bonds. The van der Waals surface area contributed by atoms with Gasteiger partial charge in [-0.15, -0.1) is 0 Å². The van der Waals surface area contributed by atoms with Crippen molar-refractivity contribution < 1.29 is 14.3 Å². The lowest BCUT2D eigenvalue weighted by atomic mass is 9.92. The van der Waals surface area contributed by atoms with Gasteiger partial charge >= 0.3 is 6.03 Å². The van der Waals surface area contributed by atoms with Crippen LogP contribution in [0, 0.1) is 0 Å². The predicted molar refractivity (Wildman–Crippen MR) is 124 cm³/mol. The molecular weight excluding hydrogens is 404 g/mol. The molecule has 2 aromatic carbocycles. The smallest absolute Gasteiger partial charge is 0.317 e. The van der Waals surface area contributed by atoms with Gasteiger partial charge in [-0.05, 0) is 31.5 Å². The molecule has 1 N–H and O–H groups in total. The molecule has 0 bridgehead atoms. The monoisotopic (exact) mass is 436 g/mol. The van der Waals surface area contributed by atoms with Crippen LogP contribution in [0.25, 0.3) is 0 Å². The number of fused-ring (bicyclic) bond motifs is 1. The fraction of sp³-hybridized carbons (Fsp3) is 0.440. The van der Waals surface area contributed by atoms with Gasteiger partial charge < -0.3 is 19.9 Å². The molecule has 2 fully saturated rings. The van der Waals surface area contributed by atoms with Crippen molar-refractivity contribution in [1.82, 2.24) is 20.0 Å². The lowest BCUT2D eigenvalue weighted by molar-refractivity contribution is -0.0467. The molecule has 0 unspecified atom stereocenters. The Labute approximate surface area is 189 Å². The van der Waals surface area contributed by atoms with Gasteiger partial charge in [0, 0.05) is 50.8 Å². The quantitative estimate of drug-likeness (QED) is 0.801. The number of carbonyl (C=O) groups is 2. The van der Waals surface area contributed by atoms with Crippen LogP contribution in [-0.2, 0) is 6.54 Å². The summed E-state index contributed by atoms with van der Waals surface area (Å²) in [6.45, 7) is 8.15. The number of nitrogens with zero attached hydrogens (tertiary/aromatic N) is 3. The minimum atomic E-state index is -0.160. The van der Waals surface area contributed by atoms with Gasteiger partial charge in [0.15, 0.2) is 0 Å². The summed E-state index contributed by atoms with van der Waals surface area (Å²) in [6.07, 6.45) is 0. The fourth-order valence-electron chi connectivity index (χ4n) is 4.90. The molecule has 0 saturated carbocycles. The van der Waals surface area contributed by atoms with Crippen molar-refractivity contribution in [2.45, 2.75) is 32.0 Å². The highest BCUT2D eigenvalue weighted by Gasteiger charge is 2.44. The van der Waals surface area contributed by atoms with Crippen LogP contribution in [0.1, 0.15) is 29.8 Å². The summed E-state index contributed by atoms with van der Waals surface area (Å²) in [5.41, 5.74) is 1.49. The number of amides is 3. The molecule has 170 valence electrons. The number of urea groups is 1. The molecular formula is C25H32N4O3. The second kappa shape index (κ2) is 9.20. The average molecular weight is 437 g/mol. The Balaban J connectivity index is 1.44. The van der Waals surface area contributed by atoms with Gasteiger partial charge in [0.25, 0.3) is 5.91 Å². The Morgan fingerprint density at radius 3 is 2.44 bits per heavy atom. The van der Waals surface area contributed by atoms with E-state index in [4.69, 9.17) is 4.74 Å². The average Bonchev–Trinajstić information content (AvgIpc) is 2.81. The number of methoxy groups -OCH3 is 1. The van der Waals surface area contributed by atoms with Crippen LogP contribution in [0.5, 0.6) is 5.75 Å². The molecule has 7 heteroatoms. The van der Waals surface area contributed by atoms with Crippen LogP contribution in [0.3, 0.4) is 0 Å². The predicted octanol–water partition coefficient (Wildman–Crippen LogP) is 2.83. The molecule has 4 rings (SSSR count). The maximum Gasteiger partial charge on any atom is 0.317 e. The van der Waals surface area contributed by atoms with Gasteiger partial charge in [0.2, 0.25) is 0 Å². The highest BCUT2D eigenvalue weighted by atomic mass is 16.5. The fourth-order valence-corrected chi connectivity index (χ4v) is 4.90. The molecule has 2 heterocycles. The van der Waals surface area contributed by atoms with E-state index in [9.17, 15) is 9.59 Å². The lowest BCUT2D eigenvalue weighted by Crippen LogP contribution is -2.71. The van der Waals surface area contributed by atoms with Crippen LogP contribution in [0.15, 0.2) is 54.6 Å². The molecule has 0 spiro atoms. The van der Waals surface area contributed by atoms with Gasteiger partial charge in [-0.1, -0.05) is 42.5 Å². The molecule has 2 saturated heterocycles. The maximum atomic E-state index is 13.2. The second-order valence-corrected chi connectivity index (χ2v) is 9.14. The maximum absolute atomic E-state index is 13.2. The van der Waals surface area contributed by atoms with E-state index in [0.717, 1.165) is 12.1 Å². The normalized spacial score (nSPS) is 20.4. The lowest BCUT2D eigenvalue weighted by Gasteiger charge is -2.55. The number of piperazine rings is 2.